The van der Waals surface area contributed by atoms with Gasteiger partial charge in [-0.25, -0.2) is 0 Å². The van der Waals surface area contributed by atoms with Crippen molar-refractivity contribution in [2.24, 2.45) is 0 Å². The van der Waals surface area contributed by atoms with E-state index in [0.29, 0.717) is 15.6 Å². The van der Waals surface area contributed by atoms with E-state index < -0.39 is 16.1 Å². The highest BCUT2D eigenvalue weighted by Gasteiger charge is 2.34. The normalized spacial score (nSPS) is 16.1. The lowest BCUT2D eigenvalue weighted by molar-refractivity contribution is -0.402. The van der Waals surface area contributed by atoms with Crippen molar-refractivity contribution >= 4 is 58.1 Å². The van der Waals surface area contributed by atoms with Gasteiger partial charge < -0.3 is 4.42 Å². The van der Waals surface area contributed by atoms with Gasteiger partial charge in [0.1, 0.15) is 10.7 Å². The van der Waals surface area contributed by atoms with Crippen molar-refractivity contribution < 1.29 is 18.9 Å². The number of allylic oxidation sites excluding steroid dienone is 2. The maximum atomic E-state index is 12.4. The lowest BCUT2D eigenvalue weighted by Gasteiger charge is -2.12. The molecule has 7 nitrogen and oxygen atoms in total. The summed E-state index contributed by atoms with van der Waals surface area (Å²) in [5, 5.41) is 10.9. The molecule has 0 unspecified atom stereocenters. The Morgan fingerprint density at radius 3 is 2.63 bits per heavy atom. The summed E-state index contributed by atoms with van der Waals surface area (Å²) in [6.07, 6.45) is 4.40. The first-order valence-corrected chi connectivity index (χ1v) is 9.02. The fourth-order valence-electron chi connectivity index (χ4n) is 2.23. The van der Waals surface area contributed by atoms with Gasteiger partial charge in [-0.1, -0.05) is 35.3 Å². The zero-order valence-corrected chi connectivity index (χ0v) is 15.8. The third kappa shape index (κ3) is 4.41. The molecule has 1 aliphatic heterocycles. The number of carbonyl (C=O) groups is 2. The van der Waals surface area contributed by atoms with Crippen molar-refractivity contribution in [2.75, 3.05) is 0 Å². The molecule has 10 heteroatoms. The number of nitrogens with zero attached hydrogens (tertiary/aromatic N) is 2. The van der Waals surface area contributed by atoms with Crippen molar-refractivity contribution in [1.82, 2.24) is 4.90 Å². The quantitative estimate of drug-likeness (QED) is 0.367. The summed E-state index contributed by atoms with van der Waals surface area (Å²) >= 11 is 12.6. The van der Waals surface area contributed by atoms with Gasteiger partial charge in [-0.05, 0) is 47.7 Å². The topological polar surface area (TPSA) is 93.7 Å². The molecule has 3 rings (SSSR count). The van der Waals surface area contributed by atoms with E-state index in [1.807, 2.05) is 0 Å². The summed E-state index contributed by atoms with van der Waals surface area (Å²) in [5.74, 6) is -0.560. The van der Waals surface area contributed by atoms with E-state index in [1.165, 1.54) is 30.4 Å². The highest BCUT2D eigenvalue weighted by molar-refractivity contribution is 8.18. The van der Waals surface area contributed by atoms with E-state index in [4.69, 9.17) is 27.6 Å². The minimum absolute atomic E-state index is 0.0764. The van der Waals surface area contributed by atoms with Crippen molar-refractivity contribution in [2.45, 2.75) is 6.54 Å². The van der Waals surface area contributed by atoms with Crippen LogP contribution in [-0.2, 0) is 11.3 Å². The summed E-state index contributed by atoms with van der Waals surface area (Å²) in [5.41, 5.74) is 0.673. The van der Waals surface area contributed by atoms with E-state index >= 15 is 0 Å². The SMILES string of the molecule is O=C1S/C(=C\C=C\c2ccc([N+](=O)[O-])o2)C(=O)N1Cc1ccc(Cl)c(Cl)c1. The molecular weight excluding hydrogens is 415 g/mol. The molecule has 1 saturated heterocycles. The number of nitro groups is 1. The van der Waals surface area contributed by atoms with Crippen LogP contribution < -0.4 is 0 Å². The summed E-state index contributed by atoms with van der Waals surface area (Å²) in [6.45, 7) is 0.0764. The summed E-state index contributed by atoms with van der Waals surface area (Å²) in [6, 6.07) is 7.54. The van der Waals surface area contributed by atoms with Crippen LogP contribution in [0.25, 0.3) is 6.08 Å². The molecule has 0 atom stereocenters. The van der Waals surface area contributed by atoms with E-state index in [1.54, 1.807) is 18.2 Å². The van der Waals surface area contributed by atoms with Gasteiger partial charge in [0, 0.05) is 0 Å². The predicted molar refractivity (Wildman–Crippen MR) is 102 cm³/mol. The minimum atomic E-state index is -0.647. The molecule has 2 aromatic rings. The van der Waals surface area contributed by atoms with Crippen LogP contribution in [-0.4, -0.2) is 21.0 Å². The van der Waals surface area contributed by atoms with Crippen molar-refractivity contribution in [1.29, 1.82) is 0 Å². The Balaban J connectivity index is 1.70. The first-order chi connectivity index (χ1) is 12.8. The Morgan fingerprint density at radius 2 is 1.96 bits per heavy atom. The van der Waals surface area contributed by atoms with Crippen LogP contribution in [0.5, 0.6) is 0 Å². The molecule has 27 heavy (non-hydrogen) atoms. The monoisotopic (exact) mass is 424 g/mol. The molecule has 1 aromatic carbocycles. The standard InChI is InChI=1S/C17H10Cl2N2O5S/c18-12-6-4-10(8-13(12)19)9-20-16(22)14(27-17(20)23)3-1-2-11-5-7-15(26-11)21(24)25/h1-8H,9H2/b2-1+,14-3-. The second kappa shape index (κ2) is 7.99. The van der Waals surface area contributed by atoms with Crippen LogP contribution in [0.1, 0.15) is 11.3 Å². The van der Waals surface area contributed by atoms with Crippen LogP contribution in [0.2, 0.25) is 10.0 Å². The highest BCUT2D eigenvalue weighted by atomic mass is 35.5. The Kier molecular flexibility index (Phi) is 5.69. The fourth-order valence-corrected chi connectivity index (χ4v) is 3.34. The first-order valence-electron chi connectivity index (χ1n) is 7.45. The van der Waals surface area contributed by atoms with Gasteiger partial charge >= 0.3 is 5.88 Å². The first kappa shape index (κ1) is 19.2. The molecule has 1 aliphatic rings. The number of imide groups is 1. The molecule has 0 saturated carbocycles. The number of halogens is 2. The van der Waals surface area contributed by atoms with Crippen LogP contribution in [0.15, 0.2) is 51.8 Å². The number of hydrogen-bond donors (Lipinski definition) is 0. The second-order valence-electron chi connectivity index (χ2n) is 5.33. The van der Waals surface area contributed by atoms with Gasteiger partial charge in [0.05, 0.1) is 27.6 Å². The predicted octanol–water partition coefficient (Wildman–Crippen LogP) is 5.29. The van der Waals surface area contributed by atoms with E-state index in [-0.39, 0.29) is 23.1 Å². The third-order valence-electron chi connectivity index (χ3n) is 3.50. The molecule has 0 bridgehead atoms. The van der Waals surface area contributed by atoms with Gasteiger partial charge in [-0.15, -0.1) is 0 Å². The largest absolute Gasteiger partial charge is 0.433 e. The molecule has 1 aromatic heterocycles. The summed E-state index contributed by atoms with van der Waals surface area (Å²) in [7, 11) is 0. The summed E-state index contributed by atoms with van der Waals surface area (Å²) in [4.78, 5) is 35.8. The smallest absolute Gasteiger partial charge is 0.401 e. The maximum absolute atomic E-state index is 12.4. The second-order valence-corrected chi connectivity index (χ2v) is 7.14. The van der Waals surface area contributed by atoms with E-state index in [0.717, 1.165) is 16.7 Å². The molecule has 0 N–H and O–H groups in total. The van der Waals surface area contributed by atoms with E-state index in [9.17, 15) is 19.7 Å². The van der Waals surface area contributed by atoms with Crippen molar-refractivity contribution in [3.63, 3.8) is 0 Å². The number of thioether (sulfide) groups is 1. The molecule has 2 amide bonds. The molecular formula is C17H10Cl2N2O5S. The van der Waals surface area contributed by atoms with Crippen molar-refractivity contribution in [3.8, 4) is 0 Å². The van der Waals surface area contributed by atoms with Gasteiger partial charge in [-0.2, -0.15) is 0 Å². The number of rotatable bonds is 5. The maximum Gasteiger partial charge on any atom is 0.433 e. The fraction of sp³-hybridized carbons (Fsp3) is 0.0588. The molecule has 1 fully saturated rings. The molecule has 0 radical (unpaired) electrons. The van der Waals surface area contributed by atoms with Crippen molar-refractivity contribution in [3.05, 3.63) is 78.9 Å². The number of carbonyl (C=O) groups excluding carboxylic acids is 2. The third-order valence-corrected chi connectivity index (χ3v) is 5.16. The Labute approximate surface area is 167 Å². The highest BCUT2D eigenvalue weighted by Crippen LogP contribution is 2.33. The lowest BCUT2D eigenvalue weighted by Crippen LogP contribution is -2.27. The minimum Gasteiger partial charge on any atom is -0.401 e. The zero-order valence-electron chi connectivity index (χ0n) is 13.4. The average molecular weight is 425 g/mol. The van der Waals surface area contributed by atoms with Gasteiger partial charge in [0.25, 0.3) is 11.1 Å². The van der Waals surface area contributed by atoms with Crippen LogP contribution in [0, 0.1) is 10.1 Å². The van der Waals surface area contributed by atoms with Gasteiger partial charge in [-0.3, -0.25) is 24.6 Å². The van der Waals surface area contributed by atoms with E-state index in [2.05, 4.69) is 0 Å². The summed E-state index contributed by atoms with van der Waals surface area (Å²) < 4.78 is 4.97. The molecule has 0 spiro atoms. The average Bonchev–Trinajstić information content (AvgIpc) is 3.19. The van der Waals surface area contributed by atoms with Crippen LogP contribution >= 0.6 is 35.0 Å². The number of hydrogen-bond acceptors (Lipinski definition) is 6. The Morgan fingerprint density at radius 1 is 1.19 bits per heavy atom. The number of amides is 2. The van der Waals surface area contributed by atoms with Crippen LogP contribution in [0.4, 0.5) is 10.7 Å². The lowest BCUT2D eigenvalue weighted by atomic mass is 10.2. The number of benzene rings is 1. The Hall–Kier alpha value is -2.55. The molecule has 0 aliphatic carbocycles. The Bertz CT molecular complexity index is 999. The zero-order chi connectivity index (χ0) is 19.6. The molecule has 138 valence electrons. The van der Waals surface area contributed by atoms with Gasteiger partial charge in [0.15, 0.2) is 0 Å². The number of furan rings is 1. The van der Waals surface area contributed by atoms with Gasteiger partial charge in [0.2, 0.25) is 0 Å². The van der Waals surface area contributed by atoms with Crippen LogP contribution in [0.3, 0.4) is 0 Å². The molecule has 2 heterocycles.